The van der Waals surface area contributed by atoms with Gasteiger partial charge in [-0.1, -0.05) is 0 Å². The van der Waals surface area contributed by atoms with Crippen molar-refractivity contribution in [3.63, 3.8) is 0 Å². The molecule has 0 aliphatic carbocycles. The summed E-state index contributed by atoms with van der Waals surface area (Å²) in [5.74, 6) is 0. The molecule has 0 unspecified atom stereocenters. The molecule has 0 aromatic carbocycles. The summed E-state index contributed by atoms with van der Waals surface area (Å²) in [5.41, 5.74) is 1.93. The zero-order valence-corrected chi connectivity index (χ0v) is 7.99. The van der Waals surface area contributed by atoms with E-state index in [1.54, 1.807) is 6.20 Å². The molecule has 0 aliphatic rings. The molecule has 0 saturated carbocycles. The van der Waals surface area contributed by atoms with E-state index in [0.717, 1.165) is 16.6 Å². The molecule has 0 amide bonds. The van der Waals surface area contributed by atoms with Gasteiger partial charge < -0.3 is 15.4 Å². The Morgan fingerprint density at radius 2 is 2.43 bits per heavy atom. The van der Waals surface area contributed by atoms with E-state index in [4.69, 9.17) is 5.11 Å². The fraction of sp³-hybridized carbons (Fsp3) is 0.300. The van der Waals surface area contributed by atoms with E-state index in [0.29, 0.717) is 0 Å². The lowest BCUT2D eigenvalue weighted by Gasteiger charge is -2.12. The fourth-order valence-corrected chi connectivity index (χ4v) is 1.60. The molecular weight excluding hydrogens is 178 g/mol. The number of hydrogen-bond acceptors (Lipinski definition) is 3. The number of nitrogens with one attached hydrogen (secondary N) is 2. The van der Waals surface area contributed by atoms with Gasteiger partial charge in [-0.3, -0.25) is 4.98 Å². The molecule has 0 saturated heterocycles. The highest BCUT2D eigenvalue weighted by Crippen LogP contribution is 2.20. The van der Waals surface area contributed by atoms with E-state index in [2.05, 4.69) is 15.3 Å². The van der Waals surface area contributed by atoms with Gasteiger partial charge >= 0.3 is 0 Å². The molecule has 2 aromatic rings. The maximum absolute atomic E-state index is 9.16. The molecule has 2 rings (SSSR count). The first-order chi connectivity index (χ1) is 6.86. The van der Waals surface area contributed by atoms with Gasteiger partial charge in [-0.05, 0) is 19.2 Å². The standard InChI is InChI=1S/C10H13N3O/c1-11-9(6-14)10-7-2-4-12-8(7)3-5-13-10/h2-5,9,11-12,14H,6H2,1H3/t9-/m0/s1. The third kappa shape index (κ3) is 1.38. The van der Waals surface area contributed by atoms with Crippen LogP contribution in [0.2, 0.25) is 0 Å². The van der Waals surface area contributed by atoms with Gasteiger partial charge in [0.25, 0.3) is 0 Å². The first-order valence-corrected chi connectivity index (χ1v) is 4.57. The van der Waals surface area contributed by atoms with Gasteiger partial charge in [0.1, 0.15) is 0 Å². The summed E-state index contributed by atoms with van der Waals surface area (Å²) in [6.45, 7) is 0.0494. The Balaban J connectivity index is 2.54. The number of aliphatic hydroxyl groups is 1. The number of H-pyrrole nitrogens is 1. The minimum Gasteiger partial charge on any atom is -0.394 e. The van der Waals surface area contributed by atoms with Gasteiger partial charge in [0.2, 0.25) is 0 Å². The van der Waals surface area contributed by atoms with Crippen molar-refractivity contribution in [2.24, 2.45) is 0 Å². The summed E-state index contributed by atoms with van der Waals surface area (Å²) in [6, 6.07) is 3.79. The van der Waals surface area contributed by atoms with Crippen molar-refractivity contribution in [2.45, 2.75) is 6.04 Å². The molecule has 4 heteroatoms. The average molecular weight is 191 g/mol. The predicted octanol–water partition coefficient (Wildman–Crippen LogP) is 0.816. The Morgan fingerprint density at radius 1 is 1.57 bits per heavy atom. The molecular formula is C10H13N3O. The number of nitrogens with zero attached hydrogens (tertiary/aromatic N) is 1. The predicted molar refractivity (Wildman–Crippen MR) is 55.0 cm³/mol. The highest BCUT2D eigenvalue weighted by molar-refractivity contribution is 5.81. The lowest BCUT2D eigenvalue weighted by molar-refractivity contribution is 0.249. The molecule has 0 fully saturated rings. The van der Waals surface area contributed by atoms with E-state index in [1.807, 2.05) is 25.4 Å². The summed E-state index contributed by atoms with van der Waals surface area (Å²) < 4.78 is 0. The van der Waals surface area contributed by atoms with Crippen LogP contribution in [0.4, 0.5) is 0 Å². The highest BCUT2D eigenvalue weighted by atomic mass is 16.3. The van der Waals surface area contributed by atoms with Crippen LogP contribution >= 0.6 is 0 Å². The second-order valence-corrected chi connectivity index (χ2v) is 3.16. The van der Waals surface area contributed by atoms with Crippen molar-refractivity contribution < 1.29 is 5.11 Å². The summed E-state index contributed by atoms with van der Waals surface area (Å²) in [5, 5.41) is 13.2. The second-order valence-electron chi connectivity index (χ2n) is 3.16. The molecule has 0 radical (unpaired) electrons. The van der Waals surface area contributed by atoms with Crippen LogP contribution in [0.15, 0.2) is 24.5 Å². The lowest BCUT2D eigenvalue weighted by atomic mass is 10.1. The van der Waals surface area contributed by atoms with Crippen LogP contribution in [0, 0.1) is 0 Å². The van der Waals surface area contributed by atoms with Crippen LogP contribution in [0.5, 0.6) is 0 Å². The maximum Gasteiger partial charge on any atom is 0.0734 e. The third-order valence-electron chi connectivity index (χ3n) is 2.37. The van der Waals surface area contributed by atoms with Gasteiger partial charge in [0.05, 0.1) is 18.3 Å². The molecule has 0 aliphatic heterocycles. The van der Waals surface area contributed by atoms with E-state index in [-0.39, 0.29) is 12.6 Å². The molecule has 2 heterocycles. The normalized spacial score (nSPS) is 13.3. The second kappa shape index (κ2) is 3.77. The van der Waals surface area contributed by atoms with Crippen molar-refractivity contribution in [2.75, 3.05) is 13.7 Å². The summed E-state index contributed by atoms with van der Waals surface area (Å²) in [7, 11) is 1.81. The molecule has 4 nitrogen and oxygen atoms in total. The zero-order valence-electron chi connectivity index (χ0n) is 7.99. The Bertz CT molecular complexity index is 420. The van der Waals surface area contributed by atoms with Crippen LogP contribution < -0.4 is 5.32 Å². The summed E-state index contributed by atoms with van der Waals surface area (Å²) in [4.78, 5) is 7.39. The number of fused-ring (bicyclic) bond motifs is 1. The van der Waals surface area contributed by atoms with Gasteiger partial charge in [-0.25, -0.2) is 0 Å². The maximum atomic E-state index is 9.16. The van der Waals surface area contributed by atoms with Crippen LogP contribution in [0.1, 0.15) is 11.7 Å². The van der Waals surface area contributed by atoms with Gasteiger partial charge in [-0.15, -0.1) is 0 Å². The number of aliphatic hydroxyl groups excluding tert-OH is 1. The summed E-state index contributed by atoms with van der Waals surface area (Å²) >= 11 is 0. The lowest BCUT2D eigenvalue weighted by Crippen LogP contribution is -2.21. The zero-order chi connectivity index (χ0) is 9.97. The number of aromatic nitrogens is 2. The van der Waals surface area contributed by atoms with E-state index < -0.39 is 0 Å². The van der Waals surface area contributed by atoms with Crippen molar-refractivity contribution in [1.29, 1.82) is 0 Å². The smallest absolute Gasteiger partial charge is 0.0734 e. The van der Waals surface area contributed by atoms with Crippen LogP contribution in [0.3, 0.4) is 0 Å². The van der Waals surface area contributed by atoms with Crippen LogP contribution in [-0.2, 0) is 0 Å². The SMILES string of the molecule is CN[C@@H](CO)c1nccc2[nH]ccc12. The number of aromatic amines is 1. The third-order valence-corrected chi connectivity index (χ3v) is 2.37. The number of likely N-dealkylation sites (N-methyl/N-ethyl adjacent to an activating group) is 1. The minimum atomic E-state index is -0.102. The Kier molecular flexibility index (Phi) is 2.47. The van der Waals surface area contributed by atoms with Crippen molar-refractivity contribution in [1.82, 2.24) is 15.3 Å². The highest BCUT2D eigenvalue weighted by Gasteiger charge is 2.12. The summed E-state index contributed by atoms with van der Waals surface area (Å²) in [6.07, 6.45) is 3.62. The molecule has 3 N–H and O–H groups in total. The first-order valence-electron chi connectivity index (χ1n) is 4.57. The van der Waals surface area contributed by atoms with Crippen LogP contribution in [-0.4, -0.2) is 28.7 Å². The van der Waals surface area contributed by atoms with Crippen LogP contribution in [0.25, 0.3) is 10.9 Å². The molecule has 0 bridgehead atoms. The average Bonchev–Trinajstić information content (AvgIpc) is 2.68. The molecule has 14 heavy (non-hydrogen) atoms. The van der Waals surface area contributed by atoms with Crippen molar-refractivity contribution in [3.8, 4) is 0 Å². The van der Waals surface area contributed by atoms with E-state index in [9.17, 15) is 0 Å². The Labute approximate surface area is 82.0 Å². The van der Waals surface area contributed by atoms with Gasteiger partial charge in [0.15, 0.2) is 0 Å². The number of hydrogen-bond donors (Lipinski definition) is 3. The van der Waals surface area contributed by atoms with Gasteiger partial charge in [0, 0.05) is 23.3 Å². The molecule has 74 valence electrons. The van der Waals surface area contributed by atoms with Crippen molar-refractivity contribution in [3.05, 3.63) is 30.2 Å². The topological polar surface area (TPSA) is 60.9 Å². The van der Waals surface area contributed by atoms with E-state index >= 15 is 0 Å². The number of pyridine rings is 1. The Hall–Kier alpha value is -1.39. The van der Waals surface area contributed by atoms with E-state index in [1.165, 1.54) is 0 Å². The fourth-order valence-electron chi connectivity index (χ4n) is 1.60. The molecule has 0 spiro atoms. The molecule has 2 aromatic heterocycles. The van der Waals surface area contributed by atoms with Crippen molar-refractivity contribution >= 4 is 10.9 Å². The minimum absolute atomic E-state index is 0.0494. The monoisotopic (exact) mass is 191 g/mol. The Morgan fingerprint density at radius 3 is 3.14 bits per heavy atom. The number of rotatable bonds is 3. The molecule has 1 atom stereocenters. The quantitative estimate of drug-likeness (QED) is 0.673. The van der Waals surface area contributed by atoms with Gasteiger partial charge in [-0.2, -0.15) is 0 Å². The largest absolute Gasteiger partial charge is 0.394 e. The first kappa shape index (κ1) is 9.18.